The molecular weight excluding hydrogens is 328 g/mol. The number of nitrogens with zero attached hydrogens (tertiary/aromatic N) is 4. The summed E-state index contributed by atoms with van der Waals surface area (Å²) in [5.41, 5.74) is 3.24. The first kappa shape index (κ1) is 14.4. The van der Waals surface area contributed by atoms with Crippen molar-refractivity contribution in [2.45, 2.75) is 5.16 Å². The molecule has 0 amide bonds. The molecule has 0 saturated heterocycles. The molecule has 120 valence electrons. The Morgan fingerprint density at radius 1 is 0.800 bits per heavy atom. The highest BCUT2D eigenvalue weighted by molar-refractivity contribution is 7.99. The van der Waals surface area contributed by atoms with Crippen LogP contribution in [0, 0.1) is 0 Å². The Labute approximate surface area is 149 Å². The van der Waals surface area contributed by atoms with Crippen molar-refractivity contribution in [1.82, 2.24) is 14.9 Å². The van der Waals surface area contributed by atoms with Crippen LogP contribution in [0.2, 0.25) is 0 Å². The van der Waals surface area contributed by atoms with Crippen LogP contribution in [0.25, 0.3) is 22.2 Å². The second-order valence-electron chi connectivity index (χ2n) is 5.85. The Balaban J connectivity index is 1.68. The fourth-order valence-corrected chi connectivity index (χ4v) is 3.93. The highest BCUT2D eigenvalue weighted by atomic mass is 32.2. The van der Waals surface area contributed by atoms with Crippen LogP contribution in [0.3, 0.4) is 0 Å². The molecule has 0 unspecified atom stereocenters. The maximum absolute atomic E-state index is 4.89. The van der Waals surface area contributed by atoms with Crippen LogP contribution >= 0.6 is 11.8 Å². The van der Waals surface area contributed by atoms with E-state index in [-0.39, 0.29) is 0 Å². The minimum absolute atomic E-state index is 0.778. The smallest absolute Gasteiger partial charge is 0.187 e. The van der Waals surface area contributed by atoms with Crippen molar-refractivity contribution in [3.63, 3.8) is 0 Å². The lowest BCUT2D eigenvalue weighted by Gasteiger charge is -2.15. The molecule has 25 heavy (non-hydrogen) atoms. The fraction of sp³-hybridized carbons (Fsp3) is 0.0500. The van der Waals surface area contributed by atoms with Crippen LogP contribution in [0.1, 0.15) is 5.56 Å². The van der Waals surface area contributed by atoms with Crippen LogP contribution in [0.15, 0.2) is 83.1 Å². The van der Waals surface area contributed by atoms with Crippen LogP contribution in [-0.4, -0.2) is 26.3 Å². The van der Waals surface area contributed by atoms with E-state index in [9.17, 15) is 0 Å². The predicted octanol–water partition coefficient (Wildman–Crippen LogP) is 4.46. The van der Waals surface area contributed by atoms with E-state index in [1.165, 1.54) is 16.3 Å². The Bertz CT molecular complexity index is 1090. The molecule has 4 aromatic rings. The monoisotopic (exact) mass is 342 g/mol. The summed E-state index contributed by atoms with van der Waals surface area (Å²) >= 11 is 1.67. The van der Waals surface area contributed by atoms with E-state index < -0.39 is 0 Å². The van der Waals surface area contributed by atoms with Gasteiger partial charge in [-0.25, -0.2) is 0 Å². The zero-order valence-corrected chi connectivity index (χ0v) is 14.1. The number of benzene rings is 3. The molecule has 2 heterocycles. The quantitative estimate of drug-likeness (QED) is 0.540. The van der Waals surface area contributed by atoms with E-state index in [0.717, 1.165) is 28.0 Å². The van der Waals surface area contributed by atoms with Crippen molar-refractivity contribution in [2.24, 2.45) is 5.10 Å². The molecule has 0 saturated carbocycles. The van der Waals surface area contributed by atoms with Gasteiger partial charge < -0.3 is 0 Å². The first-order chi connectivity index (χ1) is 12.4. The Morgan fingerprint density at radius 3 is 2.52 bits per heavy atom. The first-order valence-electron chi connectivity index (χ1n) is 8.10. The SMILES string of the molecule is c1ccc(-c2nnc3n2N=C(c2cccc4ccccc24)CS3)cc1. The normalized spacial score (nSPS) is 13.5. The lowest BCUT2D eigenvalue weighted by molar-refractivity contribution is 0.762. The molecule has 4 nitrogen and oxygen atoms in total. The Hall–Kier alpha value is -2.92. The van der Waals surface area contributed by atoms with E-state index in [4.69, 9.17) is 5.10 Å². The fourth-order valence-electron chi connectivity index (χ4n) is 3.10. The van der Waals surface area contributed by atoms with Crippen LogP contribution in [0.5, 0.6) is 0 Å². The van der Waals surface area contributed by atoms with Gasteiger partial charge in [0.1, 0.15) is 0 Å². The van der Waals surface area contributed by atoms with Gasteiger partial charge in [0, 0.05) is 16.9 Å². The van der Waals surface area contributed by atoms with Crippen molar-refractivity contribution >= 4 is 28.2 Å². The minimum Gasteiger partial charge on any atom is -0.187 e. The molecular formula is C20H14N4S. The number of hydrogen-bond acceptors (Lipinski definition) is 4. The first-order valence-corrected chi connectivity index (χ1v) is 9.08. The molecule has 1 aliphatic heterocycles. The molecule has 3 aromatic carbocycles. The van der Waals surface area contributed by atoms with Crippen molar-refractivity contribution in [1.29, 1.82) is 0 Å². The minimum atomic E-state index is 0.778. The van der Waals surface area contributed by atoms with Crippen molar-refractivity contribution in [3.8, 4) is 11.4 Å². The van der Waals surface area contributed by atoms with E-state index in [2.05, 4.69) is 52.7 Å². The molecule has 5 heteroatoms. The lowest BCUT2D eigenvalue weighted by atomic mass is 10.0. The number of thioether (sulfide) groups is 1. The molecule has 0 aliphatic carbocycles. The summed E-state index contributed by atoms with van der Waals surface area (Å²) in [7, 11) is 0. The van der Waals surface area contributed by atoms with Gasteiger partial charge in [0.25, 0.3) is 0 Å². The average molecular weight is 342 g/mol. The summed E-state index contributed by atoms with van der Waals surface area (Å²) in [6.07, 6.45) is 0. The molecule has 0 fully saturated rings. The third-order valence-corrected chi connectivity index (χ3v) is 5.23. The lowest BCUT2D eigenvalue weighted by Crippen LogP contribution is -2.14. The zero-order chi connectivity index (χ0) is 16.6. The standard InChI is InChI=1S/C20H14N4S/c1-2-8-15(9-3-1)19-21-22-20-24(19)23-18(13-25-20)17-12-6-10-14-7-4-5-11-16(14)17/h1-12H,13H2. The molecule has 5 rings (SSSR count). The maximum atomic E-state index is 4.89. The summed E-state index contributed by atoms with van der Waals surface area (Å²) < 4.78 is 1.86. The van der Waals surface area contributed by atoms with Crippen molar-refractivity contribution in [3.05, 3.63) is 78.4 Å². The van der Waals surface area contributed by atoms with Crippen LogP contribution in [0.4, 0.5) is 0 Å². The summed E-state index contributed by atoms with van der Waals surface area (Å²) in [5, 5.41) is 16.8. The van der Waals surface area contributed by atoms with E-state index in [1.54, 1.807) is 11.8 Å². The van der Waals surface area contributed by atoms with Gasteiger partial charge in [-0.3, -0.25) is 0 Å². The molecule has 0 atom stereocenters. The summed E-state index contributed by atoms with van der Waals surface area (Å²) in [6.45, 7) is 0. The van der Waals surface area contributed by atoms with E-state index >= 15 is 0 Å². The number of rotatable bonds is 2. The summed E-state index contributed by atoms with van der Waals surface area (Å²) in [5.74, 6) is 1.57. The highest BCUT2D eigenvalue weighted by Gasteiger charge is 2.21. The topological polar surface area (TPSA) is 43.1 Å². The van der Waals surface area contributed by atoms with E-state index in [0.29, 0.717) is 0 Å². The van der Waals surface area contributed by atoms with Gasteiger partial charge in [-0.1, -0.05) is 84.6 Å². The average Bonchev–Trinajstić information content (AvgIpc) is 3.11. The van der Waals surface area contributed by atoms with Gasteiger partial charge in [-0.15, -0.1) is 10.2 Å². The van der Waals surface area contributed by atoms with Gasteiger partial charge in [-0.2, -0.15) is 9.78 Å². The van der Waals surface area contributed by atoms with Crippen LogP contribution < -0.4 is 0 Å². The second kappa shape index (κ2) is 5.86. The third kappa shape index (κ3) is 2.44. The molecule has 0 bridgehead atoms. The van der Waals surface area contributed by atoms with Gasteiger partial charge in [0.2, 0.25) is 5.16 Å². The van der Waals surface area contributed by atoms with Gasteiger partial charge in [-0.05, 0) is 10.8 Å². The number of fused-ring (bicyclic) bond motifs is 2. The molecule has 1 aliphatic rings. The molecule has 1 aromatic heterocycles. The summed E-state index contributed by atoms with van der Waals surface area (Å²) in [6, 6.07) is 24.8. The van der Waals surface area contributed by atoms with Gasteiger partial charge in [0.05, 0.1) is 5.71 Å². The number of hydrogen-bond donors (Lipinski definition) is 0. The number of aromatic nitrogens is 3. The molecule has 0 radical (unpaired) electrons. The predicted molar refractivity (Wildman–Crippen MR) is 102 cm³/mol. The second-order valence-corrected chi connectivity index (χ2v) is 6.79. The van der Waals surface area contributed by atoms with Gasteiger partial charge in [0.15, 0.2) is 5.82 Å². The van der Waals surface area contributed by atoms with Gasteiger partial charge >= 0.3 is 0 Å². The van der Waals surface area contributed by atoms with Crippen molar-refractivity contribution < 1.29 is 0 Å². The van der Waals surface area contributed by atoms with E-state index in [1.807, 2.05) is 35.0 Å². The maximum Gasteiger partial charge on any atom is 0.212 e. The molecule has 0 N–H and O–H groups in total. The highest BCUT2D eigenvalue weighted by Crippen LogP contribution is 2.30. The third-order valence-electron chi connectivity index (χ3n) is 4.30. The Kier molecular flexibility index (Phi) is 3.38. The Morgan fingerprint density at radius 2 is 1.60 bits per heavy atom. The molecule has 0 spiro atoms. The summed E-state index contributed by atoms with van der Waals surface area (Å²) in [4.78, 5) is 0. The van der Waals surface area contributed by atoms with Crippen molar-refractivity contribution in [2.75, 3.05) is 5.75 Å². The zero-order valence-electron chi connectivity index (χ0n) is 13.3. The van der Waals surface area contributed by atoms with Crippen LogP contribution in [-0.2, 0) is 0 Å². The largest absolute Gasteiger partial charge is 0.212 e.